The maximum Gasteiger partial charge on any atom is 0.270 e. The van der Waals surface area contributed by atoms with E-state index in [0.29, 0.717) is 0 Å². The fraction of sp³-hybridized carbons (Fsp3) is 0.0556. The van der Waals surface area contributed by atoms with Crippen molar-refractivity contribution in [3.63, 3.8) is 0 Å². The largest absolute Gasteiger partial charge is 0.497 e. The standard InChI is InChI=1S/C18H14N2O3S/c1-23-16-7-5-14(6-8-16)19-12-17-9-10-18(24-17)13-3-2-4-15(11-13)20(21)22/h2-12H,1H3. The van der Waals surface area contributed by atoms with Gasteiger partial charge in [0.15, 0.2) is 0 Å². The van der Waals surface area contributed by atoms with Crippen molar-refractivity contribution in [3.8, 4) is 16.2 Å². The summed E-state index contributed by atoms with van der Waals surface area (Å²) in [6.07, 6.45) is 1.79. The highest BCUT2D eigenvalue weighted by atomic mass is 32.1. The van der Waals surface area contributed by atoms with E-state index in [-0.39, 0.29) is 10.6 Å². The fourth-order valence-electron chi connectivity index (χ4n) is 2.16. The zero-order valence-corrected chi connectivity index (χ0v) is 13.7. The molecular weight excluding hydrogens is 324 g/mol. The molecule has 0 saturated carbocycles. The highest BCUT2D eigenvalue weighted by Crippen LogP contribution is 2.30. The summed E-state index contributed by atoms with van der Waals surface area (Å²) < 4.78 is 5.11. The molecular formula is C18H14N2O3S. The van der Waals surface area contributed by atoms with Crippen LogP contribution in [0.25, 0.3) is 10.4 Å². The second-order valence-corrected chi connectivity index (χ2v) is 6.08. The minimum absolute atomic E-state index is 0.0920. The Labute approximate surface area is 143 Å². The van der Waals surface area contributed by atoms with Gasteiger partial charge in [0.25, 0.3) is 5.69 Å². The SMILES string of the molecule is COc1ccc(N=Cc2ccc(-c3cccc([N+](=O)[O-])c3)s2)cc1. The summed E-state index contributed by atoms with van der Waals surface area (Å²) in [5.74, 6) is 0.790. The van der Waals surface area contributed by atoms with Gasteiger partial charge in [-0.15, -0.1) is 11.3 Å². The molecule has 0 fully saturated rings. The molecule has 3 aromatic rings. The summed E-state index contributed by atoms with van der Waals surface area (Å²) in [6.45, 7) is 0. The van der Waals surface area contributed by atoms with Crippen molar-refractivity contribution in [3.05, 3.63) is 75.7 Å². The molecule has 3 rings (SSSR count). The molecule has 0 bridgehead atoms. The number of methoxy groups -OCH3 is 1. The summed E-state index contributed by atoms with van der Waals surface area (Å²) in [5, 5.41) is 10.9. The Morgan fingerprint density at radius 1 is 1.12 bits per heavy atom. The third kappa shape index (κ3) is 3.67. The molecule has 0 aliphatic rings. The highest BCUT2D eigenvalue weighted by molar-refractivity contribution is 7.17. The maximum absolute atomic E-state index is 10.9. The molecule has 0 amide bonds. The van der Waals surface area contributed by atoms with Crippen LogP contribution in [-0.4, -0.2) is 18.2 Å². The first-order valence-corrected chi connectivity index (χ1v) is 8.00. The number of hydrogen-bond donors (Lipinski definition) is 0. The van der Waals surface area contributed by atoms with Gasteiger partial charge in [0.05, 0.1) is 17.7 Å². The van der Waals surface area contributed by atoms with Crippen LogP contribution in [0, 0.1) is 10.1 Å². The van der Waals surface area contributed by atoms with Crippen molar-refractivity contribution < 1.29 is 9.66 Å². The van der Waals surface area contributed by atoms with Gasteiger partial charge in [-0.2, -0.15) is 0 Å². The lowest BCUT2D eigenvalue weighted by atomic mass is 10.2. The van der Waals surface area contributed by atoms with E-state index < -0.39 is 0 Å². The number of nitrogens with zero attached hydrogens (tertiary/aromatic N) is 2. The Morgan fingerprint density at radius 3 is 2.62 bits per heavy atom. The van der Waals surface area contributed by atoms with Gasteiger partial charge in [0.1, 0.15) is 5.75 Å². The molecule has 0 unspecified atom stereocenters. The predicted octanol–water partition coefficient (Wildman–Crippen LogP) is 5.08. The van der Waals surface area contributed by atoms with Crippen LogP contribution < -0.4 is 4.74 Å². The van der Waals surface area contributed by atoms with Gasteiger partial charge in [0, 0.05) is 28.1 Å². The van der Waals surface area contributed by atoms with Crippen LogP contribution in [0.1, 0.15) is 4.88 Å². The van der Waals surface area contributed by atoms with E-state index in [1.165, 1.54) is 17.4 Å². The van der Waals surface area contributed by atoms with E-state index in [9.17, 15) is 10.1 Å². The van der Waals surface area contributed by atoms with Gasteiger partial charge < -0.3 is 4.74 Å². The van der Waals surface area contributed by atoms with Crippen molar-refractivity contribution in [1.82, 2.24) is 0 Å². The highest BCUT2D eigenvalue weighted by Gasteiger charge is 2.08. The van der Waals surface area contributed by atoms with Gasteiger partial charge in [-0.3, -0.25) is 15.1 Å². The zero-order valence-electron chi connectivity index (χ0n) is 12.9. The smallest absolute Gasteiger partial charge is 0.270 e. The Balaban J connectivity index is 1.78. The van der Waals surface area contributed by atoms with Crippen LogP contribution in [0.15, 0.2) is 65.7 Å². The second kappa shape index (κ2) is 7.06. The molecule has 0 atom stereocenters. The van der Waals surface area contributed by atoms with Crippen LogP contribution in [0.2, 0.25) is 0 Å². The van der Waals surface area contributed by atoms with E-state index >= 15 is 0 Å². The summed E-state index contributed by atoms with van der Waals surface area (Å²) in [7, 11) is 1.62. The first-order valence-electron chi connectivity index (χ1n) is 7.18. The predicted molar refractivity (Wildman–Crippen MR) is 96.7 cm³/mol. The van der Waals surface area contributed by atoms with Crippen molar-refractivity contribution >= 4 is 28.9 Å². The monoisotopic (exact) mass is 338 g/mol. The minimum atomic E-state index is -0.386. The number of rotatable bonds is 5. The van der Waals surface area contributed by atoms with E-state index in [4.69, 9.17) is 4.74 Å². The molecule has 2 aromatic carbocycles. The number of thiophene rings is 1. The van der Waals surface area contributed by atoms with Gasteiger partial charge >= 0.3 is 0 Å². The molecule has 24 heavy (non-hydrogen) atoms. The molecule has 120 valence electrons. The van der Waals surface area contributed by atoms with Crippen LogP contribution in [0.5, 0.6) is 5.75 Å². The number of nitro groups is 1. The van der Waals surface area contributed by atoms with Crippen molar-refractivity contribution in [2.24, 2.45) is 4.99 Å². The van der Waals surface area contributed by atoms with Gasteiger partial charge in [0.2, 0.25) is 0 Å². The normalized spacial score (nSPS) is 10.9. The summed E-state index contributed by atoms with van der Waals surface area (Å²) in [5.41, 5.74) is 1.76. The van der Waals surface area contributed by atoms with Crippen molar-refractivity contribution in [1.29, 1.82) is 0 Å². The van der Waals surface area contributed by atoms with Crippen LogP contribution >= 0.6 is 11.3 Å². The molecule has 0 spiro atoms. The number of nitro benzene ring substituents is 1. The molecule has 0 N–H and O–H groups in total. The minimum Gasteiger partial charge on any atom is -0.497 e. The van der Waals surface area contributed by atoms with Crippen molar-refractivity contribution in [2.75, 3.05) is 7.11 Å². The summed E-state index contributed by atoms with van der Waals surface area (Å²) in [4.78, 5) is 16.9. The molecule has 0 saturated heterocycles. The topological polar surface area (TPSA) is 64.7 Å². The van der Waals surface area contributed by atoms with Crippen LogP contribution in [-0.2, 0) is 0 Å². The van der Waals surface area contributed by atoms with Gasteiger partial charge in [-0.1, -0.05) is 12.1 Å². The second-order valence-electron chi connectivity index (χ2n) is 4.97. The maximum atomic E-state index is 10.9. The zero-order chi connectivity index (χ0) is 16.9. The molecule has 0 aliphatic carbocycles. The van der Waals surface area contributed by atoms with Crippen molar-refractivity contribution in [2.45, 2.75) is 0 Å². The van der Waals surface area contributed by atoms with Crippen LogP contribution in [0.3, 0.4) is 0 Å². The molecule has 5 nitrogen and oxygen atoms in total. The lowest BCUT2D eigenvalue weighted by molar-refractivity contribution is -0.384. The lowest BCUT2D eigenvalue weighted by Crippen LogP contribution is -1.87. The average molecular weight is 338 g/mol. The van der Waals surface area contributed by atoms with E-state index in [2.05, 4.69) is 4.99 Å². The molecule has 0 aliphatic heterocycles. The third-order valence-corrected chi connectivity index (χ3v) is 4.45. The quantitative estimate of drug-likeness (QED) is 0.370. The average Bonchev–Trinajstić information content (AvgIpc) is 3.09. The van der Waals surface area contributed by atoms with E-state index in [1.54, 1.807) is 25.5 Å². The summed E-state index contributed by atoms with van der Waals surface area (Å²) >= 11 is 1.54. The van der Waals surface area contributed by atoms with Gasteiger partial charge in [-0.05, 0) is 42.0 Å². The summed E-state index contributed by atoms with van der Waals surface area (Å²) in [6, 6.07) is 18.0. The van der Waals surface area contributed by atoms with E-state index in [1.807, 2.05) is 42.5 Å². The number of aliphatic imine (C=N–C) groups is 1. The molecule has 6 heteroatoms. The Bertz CT molecular complexity index is 885. The number of hydrogen-bond acceptors (Lipinski definition) is 5. The van der Waals surface area contributed by atoms with E-state index in [0.717, 1.165) is 26.8 Å². The van der Waals surface area contributed by atoms with Crippen LogP contribution in [0.4, 0.5) is 11.4 Å². The Hall–Kier alpha value is -2.99. The van der Waals surface area contributed by atoms with Gasteiger partial charge in [-0.25, -0.2) is 0 Å². The Kier molecular flexibility index (Phi) is 4.67. The first kappa shape index (κ1) is 15.9. The fourth-order valence-corrected chi connectivity index (χ4v) is 3.03. The molecule has 0 radical (unpaired) electrons. The number of benzene rings is 2. The number of ether oxygens (including phenoxy) is 1. The lowest BCUT2D eigenvalue weighted by Gasteiger charge is -1.98. The Morgan fingerprint density at radius 2 is 1.92 bits per heavy atom. The number of non-ortho nitro benzene ring substituents is 1. The third-order valence-electron chi connectivity index (χ3n) is 3.38. The molecule has 1 aromatic heterocycles. The molecule has 1 heterocycles. The first-order chi connectivity index (χ1) is 11.7.